The van der Waals surface area contributed by atoms with Crippen molar-refractivity contribution in [3.63, 3.8) is 0 Å². The molecule has 118 valence electrons. The summed E-state index contributed by atoms with van der Waals surface area (Å²) in [6, 6.07) is 6.71. The number of hydrogen-bond acceptors (Lipinski definition) is 4. The Bertz CT molecular complexity index is 598. The molecule has 0 bridgehead atoms. The van der Waals surface area contributed by atoms with E-state index < -0.39 is 5.91 Å². The minimum Gasteiger partial charge on any atom is -0.375 e. The van der Waals surface area contributed by atoms with Crippen LogP contribution in [0.2, 0.25) is 5.02 Å². The van der Waals surface area contributed by atoms with E-state index in [-0.39, 0.29) is 23.9 Å². The first kappa shape index (κ1) is 17.8. The van der Waals surface area contributed by atoms with Gasteiger partial charge in [-0.25, -0.2) is 0 Å². The number of nitriles is 1. The maximum atomic E-state index is 12.2. The lowest BCUT2D eigenvalue weighted by molar-refractivity contribution is -0.129. The number of primary amides is 1. The summed E-state index contributed by atoms with van der Waals surface area (Å²) in [5.74, 6) is -1.01. The number of anilines is 1. The molecule has 6 nitrogen and oxygen atoms in total. The van der Waals surface area contributed by atoms with Crippen LogP contribution in [0.1, 0.15) is 24.2 Å². The summed E-state index contributed by atoms with van der Waals surface area (Å²) < 4.78 is 0. The van der Waals surface area contributed by atoms with Crippen molar-refractivity contribution in [3.05, 3.63) is 28.8 Å². The van der Waals surface area contributed by atoms with Crippen LogP contribution in [-0.2, 0) is 4.79 Å². The molecule has 0 unspecified atom stereocenters. The number of halogens is 1. The Balaban J connectivity index is 2.77. The van der Waals surface area contributed by atoms with Crippen LogP contribution in [0, 0.1) is 17.2 Å². The van der Waals surface area contributed by atoms with Gasteiger partial charge in [-0.05, 0) is 32.0 Å². The first-order valence-corrected chi connectivity index (χ1v) is 7.27. The van der Waals surface area contributed by atoms with Crippen molar-refractivity contribution in [1.82, 2.24) is 4.90 Å². The lowest BCUT2D eigenvalue weighted by Crippen LogP contribution is -2.38. The summed E-state index contributed by atoms with van der Waals surface area (Å²) in [4.78, 5) is 25.1. The van der Waals surface area contributed by atoms with Gasteiger partial charge in [0, 0.05) is 23.8 Å². The second kappa shape index (κ2) is 8.25. The Kier molecular flexibility index (Phi) is 6.67. The van der Waals surface area contributed by atoms with Crippen molar-refractivity contribution >= 4 is 29.1 Å². The van der Waals surface area contributed by atoms with Crippen LogP contribution < -0.4 is 11.1 Å². The van der Waals surface area contributed by atoms with Crippen LogP contribution in [0.5, 0.6) is 0 Å². The third-order valence-corrected chi connectivity index (χ3v) is 3.36. The number of rotatable bonds is 7. The molecule has 3 N–H and O–H groups in total. The molecular weight excluding hydrogens is 304 g/mol. The Morgan fingerprint density at radius 1 is 1.50 bits per heavy atom. The zero-order valence-electron chi connectivity index (χ0n) is 12.6. The molecule has 0 spiro atoms. The van der Waals surface area contributed by atoms with Gasteiger partial charge in [-0.2, -0.15) is 5.26 Å². The second-order valence-electron chi connectivity index (χ2n) is 4.87. The first-order chi connectivity index (χ1) is 10.4. The highest BCUT2D eigenvalue weighted by atomic mass is 35.5. The molecule has 0 aliphatic heterocycles. The fourth-order valence-electron chi connectivity index (χ4n) is 1.94. The van der Waals surface area contributed by atoms with Gasteiger partial charge in [-0.1, -0.05) is 11.6 Å². The molecule has 1 aromatic rings. The van der Waals surface area contributed by atoms with Crippen molar-refractivity contribution in [2.24, 2.45) is 11.7 Å². The molecule has 0 aromatic heterocycles. The predicted octanol–water partition coefficient (Wildman–Crippen LogP) is 1.86. The Hall–Kier alpha value is -2.26. The van der Waals surface area contributed by atoms with Crippen molar-refractivity contribution in [2.75, 3.05) is 25.0 Å². The van der Waals surface area contributed by atoms with Gasteiger partial charge in [0.1, 0.15) is 0 Å². The van der Waals surface area contributed by atoms with E-state index in [4.69, 9.17) is 22.6 Å². The van der Waals surface area contributed by atoms with Gasteiger partial charge in [0.05, 0.1) is 24.1 Å². The maximum Gasteiger partial charge on any atom is 0.250 e. The molecule has 2 amide bonds. The minimum atomic E-state index is -0.600. The van der Waals surface area contributed by atoms with E-state index in [1.807, 2.05) is 6.92 Å². The van der Waals surface area contributed by atoms with Gasteiger partial charge >= 0.3 is 0 Å². The Morgan fingerprint density at radius 2 is 2.18 bits per heavy atom. The molecule has 0 heterocycles. The fourth-order valence-corrected chi connectivity index (χ4v) is 2.11. The van der Waals surface area contributed by atoms with E-state index >= 15 is 0 Å². The van der Waals surface area contributed by atoms with Gasteiger partial charge in [-0.15, -0.1) is 0 Å². The fraction of sp³-hybridized carbons (Fsp3) is 0.400. The van der Waals surface area contributed by atoms with Gasteiger partial charge in [0.2, 0.25) is 5.91 Å². The zero-order valence-corrected chi connectivity index (χ0v) is 13.4. The molecule has 22 heavy (non-hydrogen) atoms. The maximum absolute atomic E-state index is 12.2. The van der Waals surface area contributed by atoms with Crippen molar-refractivity contribution in [1.29, 1.82) is 5.26 Å². The van der Waals surface area contributed by atoms with Crippen LogP contribution in [0.3, 0.4) is 0 Å². The Morgan fingerprint density at radius 3 is 2.73 bits per heavy atom. The van der Waals surface area contributed by atoms with E-state index in [0.717, 1.165) is 0 Å². The average molecular weight is 323 g/mol. The Labute approximate surface area is 134 Å². The van der Waals surface area contributed by atoms with Gasteiger partial charge in [-0.3, -0.25) is 9.59 Å². The summed E-state index contributed by atoms with van der Waals surface area (Å²) in [7, 11) is 0. The summed E-state index contributed by atoms with van der Waals surface area (Å²) in [6.45, 7) is 4.46. The molecule has 0 fully saturated rings. The quantitative estimate of drug-likeness (QED) is 0.800. The number of amides is 2. The number of nitrogens with two attached hydrogens (primary N) is 1. The normalized spacial score (nSPS) is 11.4. The molecule has 0 aliphatic carbocycles. The molecule has 1 rings (SSSR count). The first-order valence-electron chi connectivity index (χ1n) is 6.89. The highest BCUT2D eigenvalue weighted by Gasteiger charge is 2.16. The summed E-state index contributed by atoms with van der Waals surface area (Å²) in [5.41, 5.74) is 5.97. The molecule has 0 saturated heterocycles. The molecule has 1 aromatic carbocycles. The second-order valence-corrected chi connectivity index (χ2v) is 5.31. The lowest BCUT2D eigenvalue weighted by atomic mass is 10.1. The number of nitrogens with zero attached hydrogens (tertiary/aromatic N) is 2. The molecule has 1 atom stereocenters. The topological polar surface area (TPSA) is 99.2 Å². The van der Waals surface area contributed by atoms with Crippen LogP contribution in [-0.4, -0.2) is 36.3 Å². The third-order valence-electron chi connectivity index (χ3n) is 3.13. The average Bonchev–Trinajstić information content (AvgIpc) is 2.49. The number of carbonyl (C=O) groups is 2. The van der Waals surface area contributed by atoms with Crippen molar-refractivity contribution < 1.29 is 9.59 Å². The third kappa shape index (κ3) is 4.93. The van der Waals surface area contributed by atoms with Crippen LogP contribution in [0.15, 0.2) is 18.2 Å². The van der Waals surface area contributed by atoms with Gasteiger partial charge in [0.15, 0.2) is 0 Å². The number of likely N-dealkylation sites (N-methyl/N-ethyl adjacent to an activating group) is 1. The molecule has 7 heteroatoms. The van der Waals surface area contributed by atoms with Gasteiger partial charge < -0.3 is 16.0 Å². The highest BCUT2D eigenvalue weighted by molar-refractivity contribution is 6.31. The summed E-state index contributed by atoms with van der Waals surface area (Å²) in [5, 5.41) is 12.1. The molecule has 0 aliphatic rings. The van der Waals surface area contributed by atoms with E-state index in [1.165, 1.54) is 6.07 Å². The van der Waals surface area contributed by atoms with Gasteiger partial charge in [0.25, 0.3) is 5.91 Å². The smallest absolute Gasteiger partial charge is 0.250 e. The van der Waals surface area contributed by atoms with Crippen LogP contribution >= 0.6 is 11.6 Å². The van der Waals surface area contributed by atoms with E-state index in [9.17, 15) is 9.59 Å². The number of benzene rings is 1. The lowest BCUT2D eigenvalue weighted by Gasteiger charge is -2.22. The van der Waals surface area contributed by atoms with Crippen molar-refractivity contribution in [3.8, 4) is 6.07 Å². The van der Waals surface area contributed by atoms with Crippen LogP contribution in [0.25, 0.3) is 0 Å². The zero-order chi connectivity index (χ0) is 16.7. The monoisotopic (exact) mass is 322 g/mol. The van der Waals surface area contributed by atoms with Crippen LogP contribution in [0.4, 0.5) is 5.69 Å². The number of hydrogen-bond donors (Lipinski definition) is 2. The largest absolute Gasteiger partial charge is 0.375 e. The molecule has 0 radical (unpaired) electrons. The number of carbonyl (C=O) groups excluding carboxylic acids is 2. The SMILES string of the molecule is CCN(C[C@H](C)C#N)C(=O)CNc1cc(Cl)ccc1C(N)=O. The summed E-state index contributed by atoms with van der Waals surface area (Å²) in [6.07, 6.45) is 0. The summed E-state index contributed by atoms with van der Waals surface area (Å²) >= 11 is 5.89. The van der Waals surface area contributed by atoms with Crippen molar-refractivity contribution in [2.45, 2.75) is 13.8 Å². The molecule has 0 saturated carbocycles. The standard InChI is InChI=1S/C15H19ClN4O2/c1-3-20(9-10(2)7-17)14(21)8-19-13-6-11(16)4-5-12(13)15(18)22/h4-6,10,19H,3,8-9H2,1-2H3,(H2,18,22)/t10-/m1/s1. The van der Waals surface area contributed by atoms with E-state index in [1.54, 1.807) is 24.0 Å². The highest BCUT2D eigenvalue weighted by Crippen LogP contribution is 2.20. The molecular formula is C15H19ClN4O2. The minimum absolute atomic E-state index is 0.00733. The predicted molar refractivity (Wildman–Crippen MR) is 85.5 cm³/mol. The number of nitrogens with one attached hydrogen (secondary N) is 1. The van der Waals surface area contributed by atoms with E-state index in [0.29, 0.717) is 23.8 Å². The van der Waals surface area contributed by atoms with E-state index in [2.05, 4.69) is 11.4 Å².